The lowest BCUT2D eigenvalue weighted by atomic mass is 10.0. The van der Waals surface area contributed by atoms with E-state index in [1.54, 1.807) is 0 Å². The SMILES string of the molecule is CC(C)C(C(=O)N1C[C@H]2CNC[C@H]2C1)S(=O)(=O)C1CCCCC1.Cl. The van der Waals surface area contributed by atoms with Gasteiger partial charge in [-0.15, -0.1) is 12.4 Å². The Hall–Kier alpha value is -0.330. The van der Waals surface area contributed by atoms with Crippen LogP contribution in [-0.4, -0.2) is 55.9 Å². The maximum atomic E-state index is 13.1. The first-order chi connectivity index (χ1) is 10.9. The maximum Gasteiger partial charge on any atom is 0.241 e. The fraction of sp³-hybridized carbons (Fsp3) is 0.941. The lowest BCUT2D eigenvalue weighted by molar-refractivity contribution is -0.130. The molecule has 2 saturated heterocycles. The number of hydrogen-bond acceptors (Lipinski definition) is 4. The Bertz CT molecular complexity index is 534. The fourth-order valence-electron chi connectivity index (χ4n) is 4.62. The Morgan fingerprint density at radius 1 is 1.04 bits per heavy atom. The van der Waals surface area contributed by atoms with Gasteiger partial charge in [0, 0.05) is 26.2 Å². The van der Waals surface area contributed by atoms with Crippen LogP contribution in [0.1, 0.15) is 46.0 Å². The molecule has 3 fully saturated rings. The average molecular weight is 379 g/mol. The predicted molar refractivity (Wildman–Crippen MR) is 98.1 cm³/mol. The first kappa shape index (κ1) is 20.0. The third kappa shape index (κ3) is 3.75. The number of carbonyl (C=O) groups is 1. The van der Waals surface area contributed by atoms with Crippen molar-refractivity contribution in [3.05, 3.63) is 0 Å². The Morgan fingerprint density at radius 2 is 1.58 bits per heavy atom. The second-order valence-corrected chi connectivity index (χ2v) is 10.3. The molecule has 1 saturated carbocycles. The first-order valence-electron chi connectivity index (χ1n) is 9.13. The van der Waals surface area contributed by atoms with E-state index in [9.17, 15) is 13.2 Å². The normalized spacial score (nSPS) is 29.4. The molecule has 5 nitrogen and oxygen atoms in total. The Balaban J connectivity index is 0.00000208. The molecule has 24 heavy (non-hydrogen) atoms. The lowest BCUT2D eigenvalue weighted by Crippen LogP contribution is -2.48. The van der Waals surface area contributed by atoms with E-state index >= 15 is 0 Å². The monoisotopic (exact) mass is 378 g/mol. The highest BCUT2D eigenvalue weighted by atomic mass is 35.5. The molecule has 2 heterocycles. The molecule has 2 aliphatic heterocycles. The van der Waals surface area contributed by atoms with E-state index in [-0.39, 0.29) is 29.5 Å². The summed E-state index contributed by atoms with van der Waals surface area (Å²) in [5, 5.41) is 2.20. The molecule has 0 aromatic rings. The van der Waals surface area contributed by atoms with E-state index in [0.29, 0.717) is 11.8 Å². The van der Waals surface area contributed by atoms with Crippen molar-refractivity contribution in [3.8, 4) is 0 Å². The summed E-state index contributed by atoms with van der Waals surface area (Å²) < 4.78 is 26.2. The molecule has 1 N–H and O–H groups in total. The van der Waals surface area contributed by atoms with E-state index in [2.05, 4.69) is 5.32 Å². The smallest absolute Gasteiger partial charge is 0.241 e. The molecule has 3 atom stereocenters. The summed E-state index contributed by atoms with van der Waals surface area (Å²) in [4.78, 5) is 14.9. The standard InChI is InChI=1S/C17H30N2O3S.ClH/c1-12(2)16(23(21,22)15-6-4-3-5-7-15)17(20)19-10-13-8-18-9-14(13)11-19;/h12-16,18H,3-11H2,1-2H3;1H/t13-,14+,16?;. The van der Waals surface area contributed by atoms with Gasteiger partial charge in [0.2, 0.25) is 5.91 Å². The van der Waals surface area contributed by atoms with Gasteiger partial charge in [0.25, 0.3) is 0 Å². The first-order valence-corrected chi connectivity index (χ1v) is 10.7. The Morgan fingerprint density at radius 3 is 2.08 bits per heavy atom. The van der Waals surface area contributed by atoms with Crippen molar-refractivity contribution in [2.24, 2.45) is 17.8 Å². The second kappa shape index (κ2) is 7.92. The zero-order chi connectivity index (χ0) is 16.6. The minimum absolute atomic E-state index is 0. The molecule has 1 amide bonds. The van der Waals surface area contributed by atoms with Gasteiger partial charge in [-0.1, -0.05) is 33.1 Å². The molecule has 0 bridgehead atoms. The summed E-state index contributed by atoms with van der Waals surface area (Å²) >= 11 is 0. The van der Waals surface area contributed by atoms with Crippen molar-refractivity contribution in [2.45, 2.75) is 56.5 Å². The Labute approximate surface area is 152 Å². The summed E-state index contributed by atoms with van der Waals surface area (Å²) in [7, 11) is -3.39. The molecule has 140 valence electrons. The second-order valence-electron chi connectivity index (χ2n) is 7.94. The van der Waals surface area contributed by atoms with Crippen molar-refractivity contribution < 1.29 is 13.2 Å². The third-order valence-electron chi connectivity index (χ3n) is 5.92. The minimum Gasteiger partial charge on any atom is -0.341 e. The zero-order valence-corrected chi connectivity index (χ0v) is 16.4. The van der Waals surface area contributed by atoms with Crippen LogP contribution in [0.15, 0.2) is 0 Å². The Kier molecular flexibility index (Phi) is 6.59. The van der Waals surface area contributed by atoms with E-state index in [0.717, 1.165) is 58.3 Å². The molecule has 3 aliphatic rings. The van der Waals surface area contributed by atoms with Gasteiger partial charge in [0.05, 0.1) is 5.25 Å². The number of nitrogens with one attached hydrogen (secondary N) is 1. The van der Waals surface area contributed by atoms with Crippen LogP contribution in [0.3, 0.4) is 0 Å². The largest absolute Gasteiger partial charge is 0.341 e. The van der Waals surface area contributed by atoms with Gasteiger partial charge in [-0.3, -0.25) is 4.79 Å². The van der Waals surface area contributed by atoms with Gasteiger partial charge >= 0.3 is 0 Å². The number of carbonyl (C=O) groups excluding carboxylic acids is 1. The number of amides is 1. The molecule has 3 rings (SSSR count). The highest BCUT2D eigenvalue weighted by Gasteiger charge is 2.46. The fourth-order valence-corrected chi connectivity index (χ4v) is 7.22. The highest BCUT2D eigenvalue weighted by molar-refractivity contribution is 7.93. The summed E-state index contributed by atoms with van der Waals surface area (Å²) in [6.45, 7) is 7.11. The minimum atomic E-state index is -3.39. The molecule has 0 aromatic carbocycles. The van der Waals surface area contributed by atoms with Crippen LogP contribution in [-0.2, 0) is 14.6 Å². The number of likely N-dealkylation sites (tertiary alicyclic amines) is 1. The number of nitrogens with zero attached hydrogens (tertiary/aromatic N) is 1. The van der Waals surface area contributed by atoms with Crippen LogP contribution in [0.4, 0.5) is 0 Å². The molecular formula is C17H31ClN2O3S. The van der Waals surface area contributed by atoms with Crippen molar-refractivity contribution in [1.29, 1.82) is 0 Å². The summed E-state index contributed by atoms with van der Waals surface area (Å²) in [5.41, 5.74) is 0. The quantitative estimate of drug-likeness (QED) is 0.810. The molecule has 0 radical (unpaired) electrons. The number of sulfone groups is 1. The number of halogens is 1. The van der Waals surface area contributed by atoms with Gasteiger partial charge in [-0.25, -0.2) is 8.42 Å². The van der Waals surface area contributed by atoms with Crippen LogP contribution < -0.4 is 5.32 Å². The van der Waals surface area contributed by atoms with Crippen molar-refractivity contribution in [3.63, 3.8) is 0 Å². The van der Waals surface area contributed by atoms with Crippen molar-refractivity contribution in [1.82, 2.24) is 10.2 Å². The third-order valence-corrected chi connectivity index (χ3v) is 8.78. The van der Waals surface area contributed by atoms with E-state index < -0.39 is 15.1 Å². The molecular weight excluding hydrogens is 348 g/mol. The van der Waals surface area contributed by atoms with Gasteiger partial charge in [-0.05, 0) is 30.6 Å². The summed E-state index contributed by atoms with van der Waals surface area (Å²) in [6.07, 6.45) is 4.53. The van der Waals surface area contributed by atoms with Crippen LogP contribution in [0.5, 0.6) is 0 Å². The number of rotatable bonds is 4. The van der Waals surface area contributed by atoms with Crippen LogP contribution in [0.25, 0.3) is 0 Å². The molecule has 0 aromatic heterocycles. The zero-order valence-electron chi connectivity index (χ0n) is 14.7. The van der Waals surface area contributed by atoms with Crippen molar-refractivity contribution in [2.75, 3.05) is 26.2 Å². The topological polar surface area (TPSA) is 66.5 Å². The summed E-state index contributed by atoms with van der Waals surface area (Å²) in [5.74, 6) is 0.709. The van der Waals surface area contributed by atoms with E-state index in [4.69, 9.17) is 0 Å². The van der Waals surface area contributed by atoms with Crippen LogP contribution >= 0.6 is 12.4 Å². The van der Waals surface area contributed by atoms with Gasteiger partial charge < -0.3 is 10.2 Å². The summed E-state index contributed by atoms with van der Waals surface area (Å²) in [6, 6.07) is 0. The highest BCUT2D eigenvalue weighted by Crippen LogP contribution is 2.32. The van der Waals surface area contributed by atoms with Gasteiger partial charge in [0.1, 0.15) is 5.25 Å². The molecule has 1 aliphatic carbocycles. The van der Waals surface area contributed by atoms with Crippen LogP contribution in [0, 0.1) is 17.8 Å². The van der Waals surface area contributed by atoms with E-state index in [1.165, 1.54) is 0 Å². The van der Waals surface area contributed by atoms with E-state index in [1.807, 2.05) is 18.7 Å². The van der Waals surface area contributed by atoms with Crippen LogP contribution in [0.2, 0.25) is 0 Å². The lowest BCUT2D eigenvalue weighted by Gasteiger charge is -2.31. The average Bonchev–Trinajstić information content (AvgIpc) is 3.08. The molecule has 7 heteroatoms. The van der Waals surface area contributed by atoms with Gasteiger partial charge in [-0.2, -0.15) is 0 Å². The van der Waals surface area contributed by atoms with Crippen molar-refractivity contribution >= 4 is 28.2 Å². The molecule has 1 unspecified atom stereocenters. The maximum absolute atomic E-state index is 13.1. The molecule has 0 spiro atoms. The predicted octanol–water partition coefficient (Wildman–Crippen LogP) is 1.86. The number of hydrogen-bond donors (Lipinski definition) is 1. The number of fused-ring (bicyclic) bond motifs is 1. The van der Waals surface area contributed by atoms with Gasteiger partial charge in [0.15, 0.2) is 9.84 Å².